The Labute approximate surface area is 88.4 Å². The predicted octanol–water partition coefficient (Wildman–Crippen LogP) is 0.395. The molecule has 1 aliphatic heterocycles. The molecule has 0 aromatic carbocycles. The molecular weight excluding hydrogens is 200 g/mol. The van der Waals surface area contributed by atoms with Gasteiger partial charge in [0.2, 0.25) is 0 Å². The van der Waals surface area contributed by atoms with Gasteiger partial charge in [-0.2, -0.15) is 0 Å². The zero-order chi connectivity index (χ0) is 11.6. The molecule has 0 aromatic rings. The SMILES string of the molecule is CON(C)C(=O)C1CC(C)CN1C(=O)O. The number of hydrogen-bond donors (Lipinski definition) is 1. The lowest BCUT2D eigenvalue weighted by Gasteiger charge is -2.24. The zero-order valence-corrected chi connectivity index (χ0v) is 9.14. The molecule has 2 unspecified atom stereocenters. The largest absolute Gasteiger partial charge is 0.465 e. The quantitative estimate of drug-likeness (QED) is 0.678. The Morgan fingerprint density at radius 3 is 2.60 bits per heavy atom. The van der Waals surface area contributed by atoms with Crippen molar-refractivity contribution in [3.63, 3.8) is 0 Å². The Morgan fingerprint density at radius 1 is 1.53 bits per heavy atom. The molecule has 1 aliphatic rings. The van der Waals surface area contributed by atoms with Crippen LogP contribution in [0.25, 0.3) is 0 Å². The van der Waals surface area contributed by atoms with Crippen LogP contribution in [0.2, 0.25) is 0 Å². The van der Waals surface area contributed by atoms with Gasteiger partial charge in [0, 0.05) is 13.6 Å². The van der Waals surface area contributed by atoms with E-state index in [-0.39, 0.29) is 11.8 Å². The number of carbonyl (C=O) groups excluding carboxylic acids is 1. The second kappa shape index (κ2) is 4.48. The average molecular weight is 216 g/mol. The summed E-state index contributed by atoms with van der Waals surface area (Å²) in [6, 6.07) is -0.609. The molecule has 0 spiro atoms. The first-order chi connectivity index (χ1) is 6.97. The van der Waals surface area contributed by atoms with E-state index in [1.807, 2.05) is 6.92 Å². The normalized spacial score (nSPS) is 25.4. The highest BCUT2D eigenvalue weighted by Crippen LogP contribution is 2.24. The number of likely N-dealkylation sites (N-methyl/N-ethyl adjacent to an activating group) is 1. The second-order valence-corrected chi connectivity index (χ2v) is 3.81. The van der Waals surface area contributed by atoms with Crippen LogP contribution in [0.3, 0.4) is 0 Å². The Bertz CT molecular complexity index is 269. The second-order valence-electron chi connectivity index (χ2n) is 3.81. The average Bonchev–Trinajstić information content (AvgIpc) is 2.58. The van der Waals surface area contributed by atoms with Crippen molar-refractivity contribution in [1.29, 1.82) is 0 Å². The third-order valence-corrected chi connectivity index (χ3v) is 2.63. The van der Waals surface area contributed by atoms with Gasteiger partial charge in [0.05, 0.1) is 7.11 Å². The van der Waals surface area contributed by atoms with Crippen molar-refractivity contribution in [2.75, 3.05) is 20.7 Å². The van der Waals surface area contributed by atoms with Crippen molar-refractivity contribution in [3.05, 3.63) is 0 Å². The molecule has 0 bridgehead atoms. The van der Waals surface area contributed by atoms with Gasteiger partial charge >= 0.3 is 6.09 Å². The Kier molecular flexibility index (Phi) is 3.52. The monoisotopic (exact) mass is 216 g/mol. The Morgan fingerprint density at radius 2 is 2.13 bits per heavy atom. The van der Waals surface area contributed by atoms with Crippen molar-refractivity contribution in [2.24, 2.45) is 5.92 Å². The van der Waals surface area contributed by atoms with Crippen molar-refractivity contribution >= 4 is 12.0 Å². The van der Waals surface area contributed by atoms with E-state index in [9.17, 15) is 9.59 Å². The lowest BCUT2D eigenvalue weighted by molar-refractivity contribution is -0.173. The summed E-state index contributed by atoms with van der Waals surface area (Å²) >= 11 is 0. The summed E-state index contributed by atoms with van der Waals surface area (Å²) in [7, 11) is 2.85. The van der Waals surface area contributed by atoms with Gasteiger partial charge < -0.3 is 5.11 Å². The summed E-state index contributed by atoms with van der Waals surface area (Å²) in [5.41, 5.74) is 0. The van der Waals surface area contributed by atoms with E-state index >= 15 is 0 Å². The molecule has 6 heteroatoms. The molecule has 1 rings (SSSR count). The molecule has 2 atom stereocenters. The van der Waals surface area contributed by atoms with Gasteiger partial charge in [-0.15, -0.1) is 0 Å². The number of carboxylic acid groups (broad SMARTS) is 1. The van der Waals surface area contributed by atoms with Crippen LogP contribution in [0.4, 0.5) is 4.79 Å². The van der Waals surface area contributed by atoms with Crippen LogP contribution in [0, 0.1) is 5.92 Å². The number of likely N-dealkylation sites (tertiary alicyclic amines) is 1. The number of rotatable bonds is 2. The zero-order valence-electron chi connectivity index (χ0n) is 9.14. The molecule has 1 fully saturated rings. The maximum absolute atomic E-state index is 11.7. The minimum absolute atomic E-state index is 0.209. The maximum Gasteiger partial charge on any atom is 0.407 e. The van der Waals surface area contributed by atoms with Crippen molar-refractivity contribution < 1.29 is 19.5 Å². The molecule has 6 nitrogen and oxygen atoms in total. The van der Waals surface area contributed by atoms with Crippen molar-refractivity contribution in [1.82, 2.24) is 9.96 Å². The molecule has 0 aliphatic carbocycles. The van der Waals surface area contributed by atoms with E-state index < -0.39 is 12.1 Å². The first kappa shape index (κ1) is 11.8. The summed E-state index contributed by atoms with van der Waals surface area (Å²) in [4.78, 5) is 28.5. The fraction of sp³-hybridized carbons (Fsp3) is 0.778. The lowest BCUT2D eigenvalue weighted by Crippen LogP contribution is -2.45. The molecule has 1 N–H and O–H groups in total. The minimum Gasteiger partial charge on any atom is -0.465 e. The molecule has 1 heterocycles. The van der Waals surface area contributed by atoms with Gasteiger partial charge in [-0.3, -0.25) is 14.5 Å². The minimum atomic E-state index is -1.05. The number of hydroxylamine groups is 2. The van der Waals surface area contributed by atoms with Crippen LogP contribution in [0.1, 0.15) is 13.3 Å². The molecular formula is C9H16N2O4. The van der Waals surface area contributed by atoms with Gasteiger partial charge in [0.25, 0.3) is 5.91 Å². The molecule has 1 saturated heterocycles. The van der Waals surface area contributed by atoms with Crippen LogP contribution in [0.15, 0.2) is 0 Å². The predicted molar refractivity (Wildman–Crippen MR) is 52.1 cm³/mol. The van der Waals surface area contributed by atoms with Gasteiger partial charge in [-0.05, 0) is 12.3 Å². The first-order valence-electron chi connectivity index (χ1n) is 4.78. The summed E-state index contributed by atoms with van der Waals surface area (Å²) in [5, 5.41) is 9.99. The van der Waals surface area contributed by atoms with E-state index in [2.05, 4.69) is 0 Å². The smallest absolute Gasteiger partial charge is 0.407 e. The Hall–Kier alpha value is -1.30. The summed E-state index contributed by atoms with van der Waals surface area (Å²) in [6.45, 7) is 2.33. The fourth-order valence-electron chi connectivity index (χ4n) is 1.79. The van der Waals surface area contributed by atoms with Crippen LogP contribution in [-0.2, 0) is 9.63 Å². The fourth-order valence-corrected chi connectivity index (χ4v) is 1.79. The van der Waals surface area contributed by atoms with E-state index in [1.54, 1.807) is 0 Å². The lowest BCUT2D eigenvalue weighted by atomic mass is 10.1. The number of carbonyl (C=O) groups is 2. The van der Waals surface area contributed by atoms with E-state index in [0.29, 0.717) is 13.0 Å². The highest BCUT2D eigenvalue weighted by Gasteiger charge is 2.39. The van der Waals surface area contributed by atoms with Crippen LogP contribution in [0.5, 0.6) is 0 Å². The number of amides is 2. The first-order valence-corrected chi connectivity index (χ1v) is 4.78. The highest BCUT2D eigenvalue weighted by atomic mass is 16.7. The molecule has 0 radical (unpaired) electrons. The summed E-state index contributed by atoms with van der Waals surface area (Å²) in [5.74, 6) is -0.107. The van der Waals surface area contributed by atoms with E-state index in [4.69, 9.17) is 9.94 Å². The number of nitrogens with zero attached hydrogens (tertiary/aromatic N) is 2. The Balaban J connectivity index is 2.75. The molecule has 0 aromatic heterocycles. The van der Waals surface area contributed by atoms with Crippen LogP contribution >= 0.6 is 0 Å². The number of hydrogen-bond acceptors (Lipinski definition) is 3. The summed E-state index contributed by atoms with van der Waals surface area (Å²) < 4.78 is 0. The third kappa shape index (κ3) is 2.38. The molecule has 86 valence electrons. The molecule has 15 heavy (non-hydrogen) atoms. The third-order valence-electron chi connectivity index (χ3n) is 2.63. The van der Waals surface area contributed by atoms with Gasteiger partial charge in [-0.1, -0.05) is 6.92 Å². The van der Waals surface area contributed by atoms with Gasteiger partial charge in [-0.25, -0.2) is 9.86 Å². The molecule has 2 amide bonds. The standard InChI is InChI=1S/C9H16N2O4/c1-6-4-7(8(12)10(2)15-3)11(5-6)9(13)14/h6-7H,4-5H2,1-3H3,(H,13,14). The molecule has 0 saturated carbocycles. The van der Waals surface area contributed by atoms with Crippen molar-refractivity contribution in [2.45, 2.75) is 19.4 Å². The van der Waals surface area contributed by atoms with E-state index in [0.717, 1.165) is 5.06 Å². The summed E-state index contributed by atoms with van der Waals surface area (Å²) in [6.07, 6.45) is -0.499. The van der Waals surface area contributed by atoms with E-state index in [1.165, 1.54) is 19.1 Å². The van der Waals surface area contributed by atoms with Crippen LogP contribution < -0.4 is 0 Å². The van der Waals surface area contributed by atoms with Gasteiger partial charge in [0.15, 0.2) is 0 Å². The van der Waals surface area contributed by atoms with Crippen LogP contribution in [-0.4, -0.2) is 53.8 Å². The highest BCUT2D eigenvalue weighted by molar-refractivity contribution is 5.85. The topological polar surface area (TPSA) is 70.1 Å². The van der Waals surface area contributed by atoms with Gasteiger partial charge in [0.1, 0.15) is 6.04 Å². The van der Waals surface area contributed by atoms with Crippen molar-refractivity contribution in [3.8, 4) is 0 Å². The maximum atomic E-state index is 11.7.